The lowest BCUT2D eigenvalue weighted by molar-refractivity contribution is 0.167. The third-order valence-corrected chi connectivity index (χ3v) is 2.88. The van der Waals surface area contributed by atoms with Crippen LogP contribution in [0.15, 0.2) is 12.1 Å². The van der Waals surface area contributed by atoms with Crippen LogP contribution in [-0.2, 0) is 0 Å². The van der Waals surface area contributed by atoms with Crippen LogP contribution in [0.4, 0.5) is 0 Å². The second kappa shape index (κ2) is 9.15. The van der Waals surface area contributed by atoms with Crippen molar-refractivity contribution in [3.05, 3.63) is 17.7 Å². The van der Waals surface area contributed by atoms with Crippen LogP contribution in [0.1, 0.15) is 45.3 Å². The Morgan fingerprint density at radius 1 is 1.05 bits per heavy atom. The lowest BCUT2D eigenvalue weighted by atomic mass is 10.0. The molecule has 4 nitrogen and oxygen atoms in total. The van der Waals surface area contributed by atoms with E-state index in [0.29, 0.717) is 49.9 Å². The minimum Gasteiger partial charge on any atom is -0.490 e. The van der Waals surface area contributed by atoms with E-state index in [1.807, 2.05) is 20.8 Å². The first-order valence-electron chi connectivity index (χ1n) is 7.35. The zero-order valence-electron chi connectivity index (χ0n) is 13.0. The molecule has 0 amide bonds. The van der Waals surface area contributed by atoms with Crippen molar-refractivity contribution in [1.29, 1.82) is 0 Å². The SMILES string of the molecule is C#CCCC(O)c1cc(OCC)c(OCC)c(OCC)c1. The molecular weight excluding hydrogens is 268 g/mol. The third kappa shape index (κ3) is 4.87. The second-order valence-corrected chi connectivity index (χ2v) is 4.40. The summed E-state index contributed by atoms with van der Waals surface area (Å²) in [6.07, 6.45) is 5.62. The molecule has 0 fully saturated rings. The van der Waals surface area contributed by atoms with Gasteiger partial charge in [-0.1, -0.05) is 0 Å². The highest BCUT2D eigenvalue weighted by Gasteiger charge is 2.18. The van der Waals surface area contributed by atoms with Crippen LogP contribution in [0, 0.1) is 12.3 Å². The Balaban J connectivity index is 3.18. The maximum absolute atomic E-state index is 10.2. The van der Waals surface area contributed by atoms with E-state index in [1.165, 1.54) is 0 Å². The molecule has 4 heteroatoms. The fourth-order valence-electron chi connectivity index (χ4n) is 1.99. The van der Waals surface area contributed by atoms with Crippen molar-refractivity contribution in [2.75, 3.05) is 19.8 Å². The van der Waals surface area contributed by atoms with Gasteiger partial charge in [0, 0.05) is 6.42 Å². The van der Waals surface area contributed by atoms with Gasteiger partial charge in [-0.15, -0.1) is 12.3 Å². The van der Waals surface area contributed by atoms with Gasteiger partial charge < -0.3 is 19.3 Å². The Bertz CT molecular complexity index is 449. The van der Waals surface area contributed by atoms with Crippen LogP contribution >= 0.6 is 0 Å². The van der Waals surface area contributed by atoms with Gasteiger partial charge in [0.25, 0.3) is 0 Å². The fraction of sp³-hybridized carbons (Fsp3) is 0.529. The molecule has 0 saturated heterocycles. The van der Waals surface area contributed by atoms with E-state index in [2.05, 4.69) is 5.92 Å². The topological polar surface area (TPSA) is 47.9 Å². The monoisotopic (exact) mass is 292 g/mol. The van der Waals surface area contributed by atoms with Crippen LogP contribution in [0.3, 0.4) is 0 Å². The molecule has 0 aliphatic heterocycles. The number of ether oxygens (including phenoxy) is 3. The molecule has 21 heavy (non-hydrogen) atoms. The summed E-state index contributed by atoms with van der Waals surface area (Å²) in [7, 11) is 0. The molecule has 0 saturated carbocycles. The summed E-state index contributed by atoms with van der Waals surface area (Å²) in [5.74, 6) is 4.28. The van der Waals surface area contributed by atoms with Crippen molar-refractivity contribution >= 4 is 0 Å². The fourth-order valence-corrected chi connectivity index (χ4v) is 1.99. The first-order chi connectivity index (χ1) is 10.2. The molecule has 0 aliphatic rings. The number of terminal acetylenes is 1. The summed E-state index contributed by atoms with van der Waals surface area (Å²) in [4.78, 5) is 0. The molecule has 0 aromatic heterocycles. The van der Waals surface area contributed by atoms with Gasteiger partial charge in [0.05, 0.1) is 25.9 Å². The van der Waals surface area contributed by atoms with Gasteiger partial charge >= 0.3 is 0 Å². The van der Waals surface area contributed by atoms with Crippen LogP contribution < -0.4 is 14.2 Å². The van der Waals surface area contributed by atoms with E-state index < -0.39 is 6.10 Å². The Hall–Kier alpha value is -1.86. The molecule has 0 bridgehead atoms. The normalized spacial score (nSPS) is 11.6. The molecule has 0 aliphatic carbocycles. The lowest BCUT2D eigenvalue weighted by Gasteiger charge is -2.19. The summed E-state index contributed by atoms with van der Waals surface area (Å²) in [6.45, 7) is 7.24. The molecule has 1 unspecified atom stereocenters. The average molecular weight is 292 g/mol. The largest absolute Gasteiger partial charge is 0.490 e. The molecule has 116 valence electrons. The number of benzene rings is 1. The molecule has 1 rings (SSSR count). The highest BCUT2D eigenvalue weighted by atomic mass is 16.5. The van der Waals surface area contributed by atoms with Crippen molar-refractivity contribution in [1.82, 2.24) is 0 Å². The zero-order valence-corrected chi connectivity index (χ0v) is 13.0. The second-order valence-electron chi connectivity index (χ2n) is 4.40. The van der Waals surface area contributed by atoms with E-state index in [9.17, 15) is 5.11 Å². The Morgan fingerprint density at radius 2 is 1.57 bits per heavy atom. The van der Waals surface area contributed by atoms with Crippen molar-refractivity contribution < 1.29 is 19.3 Å². The van der Waals surface area contributed by atoms with Crippen molar-refractivity contribution in [2.24, 2.45) is 0 Å². The number of aliphatic hydroxyl groups excluding tert-OH is 1. The molecule has 0 heterocycles. The maximum atomic E-state index is 10.2. The first-order valence-corrected chi connectivity index (χ1v) is 7.35. The molecule has 1 atom stereocenters. The van der Waals surface area contributed by atoms with Crippen molar-refractivity contribution in [3.8, 4) is 29.6 Å². The average Bonchev–Trinajstić information content (AvgIpc) is 2.48. The van der Waals surface area contributed by atoms with Gasteiger partial charge in [0.1, 0.15) is 0 Å². The molecule has 0 radical (unpaired) electrons. The summed E-state index contributed by atoms with van der Waals surface area (Å²) in [5.41, 5.74) is 0.723. The highest BCUT2D eigenvalue weighted by molar-refractivity contribution is 5.54. The maximum Gasteiger partial charge on any atom is 0.203 e. The van der Waals surface area contributed by atoms with Crippen LogP contribution in [-0.4, -0.2) is 24.9 Å². The van der Waals surface area contributed by atoms with Crippen LogP contribution in [0.5, 0.6) is 17.2 Å². The van der Waals surface area contributed by atoms with Crippen molar-refractivity contribution in [2.45, 2.75) is 39.7 Å². The minimum atomic E-state index is -0.643. The van der Waals surface area contributed by atoms with E-state index >= 15 is 0 Å². The summed E-state index contributed by atoms with van der Waals surface area (Å²) in [6, 6.07) is 3.58. The van der Waals surface area contributed by atoms with E-state index in [1.54, 1.807) is 12.1 Å². The Labute approximate surface area is 127 Å². The van der Waals surface area contributed by atoms with Gasteiger partial charge in [-0.05, 0) is 44.9 Å². The quantitative estimate of drug-likeness (QED) is 0.709. The van der Waals surface area contributed by atoms with Gasteiger partial charge in [0.2, 0.25) is 5.75 Å². The van der Waals surface area contributed by atoms with Crippen LogP contribution in [0.2, 0.25) is 0 Å². The standard InChI is InChI=1S/C17H24O4/c1-5-9-10-14(18)13-11-15(19-6-2)17(21-8-4)16(12-13)20-7-3/h1,11-12,14,18H,6-10H2,2-4H3. The van der Waals surface area contributed by atoms with E-state index in [4.69, 9.17) is 20.6 Å². The third-order valence-electron chi connectivity index (χ3n) is 2.88. The zero-order chi connectivity index (χ0) is 15.7. The minimum absolute atomic E-state index is 0.502. The smallest absolute Gasteiger partial charge is 0.203 e. The van der Waals surface area contributed by atoms with Gasteiger partial charge in [-0.25, -0.2) is 0 Å². The first kappa shape index (κ1) is 17.2. The van der Waals surface area contributed by atoms with Gasteiger partial charge in [-0.3, -0.25) is 0 Å². The van der Waals surface area contributed by atoms with E-state index in [0.717, 1.165) is 5.56 Å². The van der Waals surface area contributed by atoms with Crippen LogP contribution in [0.25, 0.3) is 0 Å². The number of hydrogen-bond acceptors (Lipinski definition) is 4. The Kier molecular flexibility index (Phi) is 7.49. The highest BCUT2D eigenvalue weighted by Crippen LogP contribution is 2.41. The molecule has 1 aromatic rings. The summed E-state index contributed by atoms with van der Waals surface area (Å²) < 4.78 is 16.9. The molecule has 0 spiro atoms. The number of hydrogen-bond donors (Lipinski definition) is 1. The van der Waals surface area contributed by atoms with Gasteiger partial charge in [0.15, 0.2) is 11.5 Å². The molecular formula is C17H24O4. The summed E-state index contributed by atoms with van der Waals surface area (Å²) in [5, 5.41) is 10.2. The van der Waals surface area contributed by atoms with Crippen molar-refractivity contribution in [3.63, 3.8) is 0 Å². The Morgan fingerprint density at radius 3 is 2.00 bits per heavy atom. The van der Waals surface area contributed by atoms with Gasteiger partial charge in [-0.2, -0.15) is 0 Å². The number of rotatable bonds is 9. The predicted octanol–water partition coefficient (Wildman–Crippen LogP) is 3.33. The van der Waals surface area contributed by atoms with E-state index in [-0.39, 0.29) is 0 Å². The lowest BCUT2D eigenvalue weighted by Crippen LogP contribution is -2.05. The molecule has 1 N–H and O–H groups in total. The summed E-state index contributed by atoms with van der Waals surface area (Å²) >= 11 is 0. The predicted molar refractivity (Wildman–Crippen MR) is 83.0 cm³/mol. The molecule has 1 aromatic carbocycles. The number of aliphatic hydroxyl groups is 1.